The fourth-order valence-corrected chi connectivity index (χ4v) is 7.77. The SMILES string of the molecule is S.c1ccc([P+](c2ccccc2)(c2ccccc2)c2ccccc2)cc1. The van der Waals surface area contributed by atoms with E-state index in [1.54, 1.807) is 0 Å². The summed E-state index contributed by atoms with van der Waals surface area (Å²) in [5.74, 6) is 0. The Bertz CT molecular complexity index is 759. The zero-order valence-corrected chi connectivity index (χ0v) is 16.4. The molecule has 0 amide bonds. The maximum Gasteiger partial charge on any atom is 0.144 e. The van der Waals surface area contributed by atoms with E-state index in [0.717, 1.165) is 0 Å². The molecule has 0 atom stereocenters. The monoisotopic (exact) mass is 373 g/mol. The minimum atomic E-state index is -1.91. The van der Waals surface area contributed by atoms with E-state index < -0.39 is 7.26 Å². The Kier molecular flexibility index (Phi) is 5.93. The molecule has 2 heteroatoms. The Labute approximate surface area is 163 Å². The van der Waals surface area contributed by atoms with Crippen LogP contribution < -0.4 is 21.2 Å². The van der Waals surface area contributed by atoms with E-state index in [0.29, 0.717) is 0 Å². The van der Waals surface area contributed by atoms with Gasteiger partial charge in [-0.05, 0) is 48.5 Å². The number of benzene rings is 4. The van der Waals surface area contributed by atoms with Crippen LogP contribution in [0.1, 0.15) is 0 Å². The Morgan fingerprint density at radius 2 is 0.500 bits per heavy atom. The van der Waals surface area contributed by atoms with E-state index >= 15 is 0 Å². The minimum absolute atomic E-state index is 0. The maximum absolute atomic E-state index is 2.28. The van der Waals surface area contributed by atoms with Crippen molar-refractivity contribution < 1.29 is 0 Å². The normalized spacial score (nSPS) is 10.8. The molecule has 4 aromatic rings. The van der Waals surface area contributed by atoms with Crippen molar-refractivity contribution in [2.24, 2.45) is 0 Å². The van der Waals surface area contributed by atoms with Crippen LogP contribution in [0.3, 0.4) is 0 Å². The molecule has 0 aliphatic heterocycles. The van der Waals surface area contributed by atoms with E-state index in [1.165, 1.54) is 21.2 Å². The van der Waals surface area contributed by atoms with Crippen molar-refractivity contribution in [2.75, 3.05) is 0 Å². The molecule has 4 rings (SSSR count). The Balaban J connectivity index is 0.00000196. The Morgan fingerprint density at radius 3 is 0.692 bits per heavy atom. The second kappa shape index (κ2) is 8.36. The Hall–Kier alpha value is -2.34. The van der Waals surface area contributed by atoms with E-state index in [4.69, 9.17) is 0 Å². The van der Waals surface area contributed by atoms with Crippen molar-refractivity contribution in [1.82, 2.24) is 0 Å². The van der Waals surface area contributed by atoms with Gasteiger partial charge in [-0.3, -0.25) is 0 Å². The largest absolute Gasteiger partial charge is 0.197 e. The van der Waals surface area contributed by atoms with Crippen LogP contribution in [-0.2, 0) is 0 Å². The Morgan fingerprint density at radius 1 is 0.308 bits per heavy atom. The second-order valence-electron chi connectivity index (χ2n) is 6.01. The molecule has 0 N–H and O–H groups in total. The quantitative estimate of drug-likeness (QED) is 0.465. The van der Waals surface area contributed by atoms with Crippen molar-refractivity contribution in [3.05, 3.63) is 121 Å². The summed E-state index contributed by atoms with van der Waals surface area (Å²) in [6.45, 7) is 0. The van der Waals surface area contributed by atoms with Gasteiger partial charge in [0.05, 0.1) is 0 Å². The van der Waals surface area contributed by atoms with Crippen LogP contribution in [-0.4, -0.2) is 0 Å². The van der Waals surface area contributed by atoms with Crippen LogP contribution in [0.4, 0.5) is 0 Å². The fourth-order valence-electron chi connectivity index (χ4n) is 3.50. The van der Waals surface area contributed by atoms with E-state index in [-0.39, 0.29) is 13.5 Å². The molecule has 0 heterocycles. The highest BCUT2D eigenvalue weighted by Gasteiger charge is 2.47. The summed E-state index contributed by atoms with van der Waals surface area (Å²) in [6, 6.07) is 43.8. The summed E-state index contributed by atoms with van der Waals surface area (Å²) in [6.07, 6.45) is 0. The van der Waals surface area contributed by atoms with E-state index in [9.17, 15) is 0 Å². The van der Waals surface area contributed by atoms with E-state index in [2.05, 4.69) is 121 Å². The molecule has 4 aromatic carbocycles. The third-order valence-electron chi connectivity index (χ3n) is 4.57. The van der Waals surface area contributed by atoms with Crippen LogP contribution >= 0.6 is 20.8 Å². The van der Waals surface area contributed by atoms with Crippen molar-refractivity contribution in [3.63, 3.8) is 0 Å². The number of hydrogen-bond acceptors (Lipinski definition) is 0. The first kappa shape index (κ1) is 18.5. The van der Waals surface area contributed by atoms with Gasteiger partial charge in [0.1, 0.15) is 28.5 Å². The first-order valence-corrected chi connectivity index (χ1v) is 10.3. The van der Waals surface area contributed by atoms with Crippen molar-refractivity contribution in [1.29, 1.82) is 0 Å². The molecule has 0 radical (unpaired) electrons. The first-order chi connectivity index (χ1) is 12.4. The molecular weight excluding hydrogens is 351 g/mol. The molecule has 0 aliphatic rings. The molecule has 0 saturated carbocycles. The van der Waals surface area contributed by atoms with Crippen LogP contribution in [0.15, 0.2) is 121 Å². The van der Waals surface area contributed by atoms with Crippen LogP contribution in [0.25, 0.3) is 0 Å². The van der Waals surface area contributed by atoms with Gasteiger partial charge < -0.3 is 0 Å². The highest BCUT2D eigenvalue weighted by molar-refractivity contribution is 8.01. The number of hydrogen-bond donors (Lipinski definition) is 0. The van der Waals surface area contributed by atoms with E-state index in [1.807, 2.05) is 0 Å². The summed E-state index contributed by atoms with van der Waals surface area (Å²) >= 11 is 0. The molecule has 0 aromatic heterocycles. The smallest absolute Gasteiger partial charge is 0.144 e. The third-order valence-corrected chi connectivity index (χ3v) is 8.86. The molecule has 128 valence electrons. The van der Waals surface area contributed by atoms with Crippen LogP contribution in [0.5, 0.6) is 0 Å². The highest BCUT2D eigenvalue weighted by Crippen LogP contribution is 2.53. The van der Waals surface area contributed by atoms with Gasteiger partial charge in [0, 0.05) is 0 Å². The minimum Gasteiger partial charge on any atom is -0.197 e. The van der Waals surface area contributed by atoms with Gasteiger partial charge in [0.25, 0.3) is 0 Å². The predicted octanol–water partition coefficient (Wildman–Crippen LogP) is 4.42. The summed E-state index contributed by atoms with van der Waals surface area (Å²) in [5, 5.41) is 5.55. The molecule has 0 bridgehead atoms. The molecule has 0 spiro atoms. The highest BCUT2D eigenvalue weighted by atomic mass is 32.1. The summed E-state index contributed by atoms with van der Waals surface area (Å²) < 4.78 is 0. The third kappa shape index (κ3) is 3.21. The standard InChI is InChI=1S/C24H20P.H2S/c1-5-13-21(14-6-1)25(22-15-7-2-8-16-22,23-17-9-3-10-18-23)24-19-11-4-12-20-24;/h1-20H;1H2/q+1;. The topological polar surface area (TPSA) is 0 Å². The molecule has 0 aliphatic carbocycles. The molecule has 0 saturated heterocycles. The lowest BCUT2D eigenvalue weighted by Crippen LogP contribution is -2.38. The molecule has 0 fully saturated rings. The maximum atomic E-state index is 2.28. The lowest BCUT2D eigenvalue weighted by atomic mass is 10.3. The van der Waals surface area contributed by atoms with Crippen LogP contribution in [0.2, 0.25) is 0 Å². The molecular formula is C24H22PS+. The van der Waals surface area contributed by atoms with Gasteiger partial charge in [-0.25, -0.2) is 0 Å². The summed E-state index contributed by atoms with van der Waals surface area (Å²) in [5.41, 5.74) is 0. The van der Waals surface area contributed by atoms with Crippen LogP contribution in [0, 0.1) is 0 Å². The zero-order chi connectivity index (χ0) is 17.0. The van der Waals surface area contributed by atoms with Gasteiger partial charge in [0.2, 0.25) is 0 Å². The van der Waals surface area contributed by atoms with Crippen molar-refractivity contribution >= 4 is 42.0 Å². The number of rotatable bonds is 4. The second-order valence-corrected chi connectivity index (χ2v) is 9.42. The van der Waals surface area contributed by atoms with Gasteiger partial charge in [-0.1, -0.05) is 72.8 Å². The summed E-state index contributed by atoms with van der Waals surface area (Å²) in [4.78, 5) is 0. The van der Waals surface area contributed by atoms with Crippen molar-refractivity contribution in [2.45, 2.75) is 0 Å². The van der Waals surface area contributed by atoms with Gasteiger partial charge in [-0.2, -0.15) is 13.5 Å². The average molecular weight is 373 g/mol. The lowest BCUT2D eigenvalue weighted by Gasteiger charge is -2.27. The van der Waals surface area contributed by atoms with Gasteiger partial charge in [0.15, 0.2) is 0 Å². The predicted molar refractivity (Wildman–Crippen MR) is 122 cm³/mol. The van der Waals surface area contributed by atoms with Gasteiger partial charge in [-0.15, -0.1) is 0 Å². The summed E-state index contributed by atoms with van der Waals surface area (Å²) in [7, 11) is -1.91. The van der Waals surface area contributed by atoms with Crippen molar-refractivity contribution in [3.8, 4) is 0 Å². The lowest BCUT2D eigenvalue weighted by molar-refractivity contribution is 1.71. The zero-order valence-electron chi connectivity index (χ0n) is 14.5. The molecule has 0 nitrogen and oxygen atoms in total. The fraction of sp³-hybridized carbons (Fsp3) is 0. The molecule has 26 heavy (non-hydrogen) atoms. The molecule has 0 unspecified atom stereocenters. The van der Waals surface area contributed by atoms with Gasteiger partial charge >= 0.3 is 0 Å². The average Bonchev–Trinajstić information content (AvgIpc) is 2.72. The first-order valence-electron chi connectivity index (χ1n) is 8.54.